The van der Waals surface area contributed by atoms with E-state index in [1.165, 1.54) is 51.8 Å². The molecule has 0 spiro atoms. The van der Waals surface area contributed by atoms with E-state index < -0.39 is 10.9 Å². The smallest absolute Gasteiger partial charge is 0.338 e. The fourth-order valence-corrected chi connectivity index (χ4v) is 4.48. The molecule has 0 saturated carbocycles. The second kappa shape index (κ2) is 7.64. The quantitative estimate of drug-likeness (QED) is 0.206. The number of thiazole rings is 1. The molecule has 146 valence electrons. The van der Waals surface area contributed by atoms with E-state index in [0.717, 1.165) is 10.2 Å². The van der Waals surface area contributed by atoms with Crippen LogP contribution in [0.1, 0.15) is 16.1 Å². The van der Waals surface area contributed by atoms with Gasteiger partial charge in [-0.1, -0.05) is 23.5 Å². The van der Waals surface area contributed by atoms with Crippen LogP contribution in [0.15, 0.2) is 58.2 Å². The summed E-state index contributed by atoms with van der Waals surface area (Å²) in [6, 6.07) is 13.0. The lowest BCUT2D eigenvalue weighted by atomic mass is 10.2. The van der Waals surface area contributed by atoms with Gasteiger partial charge in [-0.2, -0.15) is 0 Å². The Labute approximate surface area is 171 Å². The second-order valence-corrected chi connectivity index (χ2v) is 7.85. The minimum absolute atomic E-state index is 0.0640. The first kappa shape index (κ1) is 19.1. The van der Waals surface area contributed by atoms with Crippen molar-refractivity contribution in [3.8, 4) is 0 Å². The summed E-state index contributed by atoms with van der Waals surface area (Å²) in [7, 11) is 0. The monoisotopic (exact) mass is 427 g/mol. The number of nitro benzene ring substituents is 1. The van der Waals surface area contributed by atoms with E-state index >= 15 is 0 Å². The maximum Gasteiger partial charge on any atom is 0.338 e. The van der Waals surface area contributed by atoms with Gasteiger partial charge in [-0.05, 0) is 30.5 Å². The van der Waals surface area contributed by atoms with Gasteiger partial charge in [0.2, 0.25) is 0 Å². The number of hydrogen-bond acceptors (Lipinski definition) is 8. The van der Waals surface area contributed by atoms with Crippen LogP contribution in [0, 0.1) is 10.1 Å². The molecule has 0 fully saturated rings. The topological polar surface area (TPSA) is 104 Å². The van der Waals surface area contributed by atoms with Crippen LogP contribution < -0.4 is 5.56 Å². The molecule has 0 bridgehead atoms. The summed E-state index contributed by atoms with van der Waals surface area (Å²) in [5.41, 5.74) is 0.725. The third-order valence-corrected chi connectivity index (χ3v) is 6.02. The number of aromatic nitrogens is 2. The van der Waals surface area contributed by atoms with E-state index in [0.29, 0.717) is 15.6 Å². The Balaban J connectivity index is 1.59. The standard InChI is InChI=1S/C19H13N3O5S2/c1-28-15-7-6-11(8-14(15)22(25)26)18(24)27-10-12-9-17(23)21-13-4-2-3-5-16(13)29-19(21)20-12/h2-9H,10H2,1H3. The van der Waals surface area contributed by atoms with Crippen LogP contribution in [0.5, 0.6) is 0 Å². The molecule has 0 atom stereocenters. The Kier molecular flexibility index (Phi) is 5.03. The molecule has 0 amide bonds. The summed E-state index contributed by atoms with van der Waals surface area (Å²) >= 11 is 2.58. The molecule has 0 aliphatic heterocycles. The molecule has 0 saturated heterocycles. The first-order chi connectivity index (χ1) is 14.0. The van der Waals surface area contributed by atoms with Crippen LogP contribution in [0.25, 0.3) is 15.2 Å². The van der Waals surface area contributed by atoms with E-state index in [-0.39, 0.29) is 23.4 Å². The first-order valence-corrected chi connectivity index (χ1v) is 10.4. The van der Waals surface area contributed by atoms with Gasteiger partial charge in [-0.15, -0.1) is 11.8 Å². The number of fused-ring (bicyclic) bond motifs is 3. The van der Waals surface area contributed by atoms with Gasteiger partial charge in [0.1, 0.15) is 6.61 Å². The molecule has 4 rings (SSSR count). The van der Waals surface area contributed by atoms with Crippen molar-refractivity contribution in [2.75, 3.05) is 6.26 Å². The molecule has 29 heavy (non-hydrogen) atoms. The number of nitrogens with zero attached hydrogens (tertiary/aromatic N) is 3. The molecule has 0 aliphatic carbocycles. The van der Waals surface area contributed by atoms with Gasteiger partial charge < -0.3 is 4.74 Å². The largest absolute Gasteiger partial charge is 0.456 e. The predicted octanol–water partition coefficient (Wildman–Crippen LogP) is 3.90. The summed E-state index contributed by atoms with van der Waals surface area (Å²) in [5.74, 6) is -0.723. The Morgan fingerprint density at radius 1 is 1.28 bits per heavy atom. The zero-order valence-electron chi connectivity index (χ0n) is 15.0. The fraction of sp³-hybridized carbons (Fsp3) is 0.105. The van der Waals surface area contributed by atoms with Crippen LogP contribution >= 0.6 is 23.1 Å². The fourth-order valence-electron chi connectivity index (χ4n) is 2.88. The maximum absolute atomic E-state index is 12.5. The molecule has 2 aromatic heterocycles. The molecule has 2 aromatic carbocycles. The van der Waals surface area contributed by atoms with Crippen molar-refractivity contribution in [3.63, 3.8) is 0 Å². The lowest BCUT2D eigenvalue weighted by Crippen LogP contribution is -2.15. The first-order valence-electron chi connectivity index (χ1n) is 8.37. The van der Waals surface area contributed by atoms with Gasteiger partial charge in [-0.3, -0.25) is 19.3 Å². The van der Waals surface area contributed by atoms with Crippen molar-refractivity contribution in [1.29, 1.82) is 0 Å². The highest BCUT2D eigenvalue weighted by atomic mass is 32.2. The summed E-state index contributed by atoms with van der Waals surface area (Å²) in [6.45, 7) is -0.211. The van der Waals surface area contributed by atoms with E-state index in [1.54, 1.807) is 6.26 Å². The second-order valence-electron chi connectivity index (χ2n) is 5.99. The number of ether oxygens (including phenoxy) is 1. The molecule has 8 nitrogen and oxygen atoms in total. The maximum atomic E-state index is 12.5. The lowest BCUT2D eigenvalue weighted by Gasteiger charge is -2.06. The number of thioether (sulfide) groups is 1. The van der Waals surface area contributed by atoms with Gasteiger partial charge >= 0.3 is 5.97 Å². The third kappa shape index (κ3) is 3.59. The predicted molar refractivity (Wildman–Crippen MR) is 111 cm³/mol. The zero-order valence-corrected chi connectivity index (χ0v) is 16.7. The van der Waals surface area contributed by atoms with Crippen LogP contribution in [0.2, 0.25) is 0 Å². The van der Waals surface area contributed by atoms with E-state index in [2.05, 4.69) is 4.98 Å². The zero-order chi connectivity index (χ0) is 20.5. The lowest BCUT2D eigenvalue weighted by molar-refractivity contribution is -0.387. The van der Waals surface area contributed by atoms with Gasteiger partial charge in [0.05, 0.1) is 31.3 Å². The van der Waals surface area contributed by atoms with Crippen molar-refractivity contribution in [2.24, 2.45) is 0 Å². The SMILES string of the molecule is CSc1ccc(C(=O)OCc2cc(=O)n3c(n2)sc2ccccc23)cc1[N+](=O)[O-]. The van der Waals surface area contributed by atoms with Gasteiger partial charge in [0, 0.05) is 12.1 Å². The van der Waals surface area contributed by atoms with Gasteiger partial charge in [0.15, 0.2) is 4.96 Å². The van der Waals surface area contributed by atoms with Crippen molar-refractivity contribution in [3.05, 3.63) is 80.3 Å². The summed E-state index contributed by atoms with van der Waals surface area (Å²) in [6.07, 6.45) is 1.72. The molecule has 4 aromatic rings. The third-order valence-electron chi connectivity index (χ3n) is 4.21. The van der Waals surface area contributed by atoms with Crippen molar-refractivity contribution in [1.82, 2.24) is 9.38 Å². The highest BCUT2D eigenvalue weighted by molar-refractivity contribution is 7.98. The number of carbonyl (C=O) groups excluding carboxylic acids is 1. The van der Waals surface area contributed by atoms with E-state index in [9.17, 15) is 19.7 Å². The van der Waals surface area contributed by atoms with Gasteiger partial charge in [0.25, 0.3) is 11.2 Å². The Hall–Kier alpha value is -3.24. The number of rotatable bonds is 5. The summed E-state index contributed by atoms with van der Waals surface area (Å²) in [4.78, 5) is 40.8. The van der Waals surface area contributed by atoms with Crippen molar-refractivity contribution < 1.29 is 14.5 Å². The molecule has 0 N–H and O–H groups in total. The molecule has 0 radical (unpaired) electrons. The Morgan fingerprint density at radius 2 is 2.07 bits per heavy atom. The van der Waals surface area contributed by atoms with Crippen molar-refractivity contribution >= 4 is 49.9 Å². The Morgan fingerprint density at radius 3 is 2.83 bits per heavy atom. The number of benzene rings is 2. The number of esters is 1. The average Bonchev–Trinajstić information content (AvgIpc) is 3.10. The highest BCUT2D eigenvalue weighted by Gasteiger charge is 2.18. The summed E-state index contributed by atoms with van der Waals surface area (Å²) in [5, 5.41) is 11.2. The van der Waals surface area contributed by atoms with Crippen LogP contribution in [0.3, 0.4) is 0 Å². The highest BCUT2D eigenvalue weighted by Crippen LogP contribution is 2.28. The molecule has 0 aliphatic rings. The molecular formula is C19H13N3O5S2. The van der Waals surface area contributed by atoms with Crippen LogP contribution in [-0.4, -0.2) is 26.5 Å². The van der Waals surface area contributed by atoms with Crippen LogP contribution in [0.4, 0.5) is 5.69 Å². The summed E-state index contributed by atoms with van der Waals surface area (Å²) < 4.78 is 7.66. The van der Waals surface area contributed by atoms with E-state index in [4.69, 9.17) is 4.74 Å². The number of para-hydroxylation sites is 1. The molecule has 10 heteroatoms. The Bertz CT molecular complexity index is 1330. The number of carbonyl (C=O) groups is 1. The minimum Gasteiger partial charge on any atom is -0.456 e. The molecule has 2 heterocycles. The minimum atomic E-state index is -0.723. The van der Waals surface area contributed by atoms with E-state index in [1.807, 2.05) is 24.3 Å². The number of nitro groups is 1. The normalized spacial score (nSPS) is 11.1. The molecule has 0 unspecified atom stereocenters. The molecular weight excluding hydrogens is 414 g/mol. The van der Waals surface area contributed by atoms with Crippen LogP contribution in [-0.2, 0) is 11.3 Å². The van der Waals surface area contributed by atoms with Crippen molar-refractivity contribution in [2.45, 2.75) is 11.5 Å². The number of hydrogen-bond donors (Lipinski definition) is 0. The van der Waals surface area contributed by atoms with Gasteiger partial charge in [-0.25, -0.2) is 9.78 Å². The average molecular weight is 427 g/mol.